The summed E-state index contributed by atoms with van der Waals surface area (Å²) in [6.07, 6.45) is 0. The Bertz CT molecular complexity index is 808. The van der Waals surface area contributed by atoms with E-state index >= 15 is 0 Å². The van der Waals surface area contributed by atoms with Crippen molar-refractivity contribution >= 4 is 23.3 Å². The van der Waals surface area contributed by atoms with Crippen molar-refractivity contribution in [3.05, 3.63) is 59.2 Å². The Morgan fingerprint density at radius 3 is 2.70 bits per heavy atom. The highest BCUT2D eigenvalue weighted by Gasteiger charge is 2.26. The Morgan fingerprint density at radius 1 is 1.22 bits per heavy atom. The third-order valence-corrected chi connectivity index (χ3v) is 3.58. The molecule has 3 rings (SSSR count). The summed E-state index contributed by atoms with van der Waals surface area (Å²) < 4.78 is 26.8. The van der Waals surface area contributed by atoms with Crippen LogP contribution in [-0.4, -0.2) is 23.5 Å². The lowest BCUT2D eigenvalue weighted by atomic mass is 10.1. The molecule has 0 spiro atoms. The van der Waals surface area contributed by atoms with Gasteiger partial charge in [-0.3, -0.25) is 4.79 Å². The number of carbonyl (C=O) groups excluding carboxylic acids is 1. The SMILES string of the molecule is O=C(O)c1cccc(CN2C(=O)CNc3cc(F)c(F)cc32)c1. The van der Waals surface area contributed by atoms with E-state index in [1.165, 1.54) is 17.0 Å². The van der Waals surface area contributed by atoms with Crippen molar-refractivity contribution in [1.29, 1.82) is 0 Å². The van der Waals surface area contributed by atoms with Gasteiger partial charge in [-0.25, -0.2) is 13.6 Å². The van der Waals surface area contributed by atoms with E-state index in [9.17, 15) is 18.4 Å². The smallest absolute Gasteiger partial charge is 0.335 e. The van der Waals surface area contributed by atoms with Crippen LogP contribution in [0.3, 0.4) is 0 Å². The highest BCUT2D eigenvalue weighted by Crippen LogP contribution is 2.32. The number of carboxylic acid groups (broad SMARTS) is 1. The molecule has 0 unspecified atom stereocenters. The minimum absolute atomic E-state index is 0.0449. The Labute approximate surface area is 130 Å². The molecule has 5 nitrogen and oxygen atoms in total. The van der Waals surface area contributed by atoms with Gasteiger partial charge in [-0.15, -0.1) is 0 Å². The van der Waals surface area contributed by atoms with Crippen LogP contribution in [0.2, 0.25) is 0 Å². The Kier molecular flexibility index (Phi) is 3.69. The molecule has 0 fully saturated rings. The molecule has 0 saturated heterocycles. The summed E-state index contributed by atoms with van der Waals surface area (Å²) in [5.74, 6) is -3.45. The Balaban J connectivity index is 1.97. The number of fused-ring (bicyclic) bond motifs is 1. The Hall–Kier alpha value is -2.96. The second-order valence-electron chi connectivity index (χ2n) is 5.12. The largest absolute Gasteiger partial charge is 0.478 e. The van der Waals surface area contributed by atoms with Gasteiger partial charge in [-0.2, -0.15) is 0 Å². The predicted molar refractivity (Wildman–Crippen MR) is 79.4 cm³/mol. The van der Waals surface area contributed by atoms with Crippen molar-refractivity contribution in [2.75, 3.05) is 16.8 Å². The van der Waals surface area contributed by atoms with Gasteiger partial charge in [0.2, 0.25) is 5.91 Å². The van der Waals surface area contributed by atoms with Gasteiger partial charge >= 0.3 is 5.97 Å². The summed E-state index contributed by atoms with van der Waals surface area (Å²) >= 11 is 0. The van der Waals surface area contributed by atoms with Crippen molar-refractivity contribution in [3.63, 3.8) is 0 Å². The molecule has 0 saturated carbocycles. The van der Waals surface area contributed by atoms with E-state index in [-0.39, 0.29) is 30.2 Å². The molecule has 118 valence electrons. The number of nitrogens with one attached hydrogen (secondary N) is 1. The monoisotopic (exact) mass is 318 g/mol. The van der Waals surface area contributed by atoms with Gasteiger partial charge in [0.15, 0.2) is 11.6 Å². The van der Waals surface area contributed by atoms with E-state index in [1.54, 1.807) is 12.1 Å². The number of hydrogen-bond acceptors (Lipinski definition) is 3. The van der Waals surface area contributed by atoms with Gasteiger partial charge < -0.3 is 15.3 Å². The van der Waals surface area contributed by atoms with Crippen LogP contribution >= 0.6 is 0 Å². The number of benzene rings is 2. The van der Waals surface area contributed by atoms with Crippen molar-refractivity contribution in [2.45, 2.75) is 6.54 Å². The second kappa shape index (κ2) is 5.68. The lowest BCUT2D eigenvalue weighted by Crippen LogP contribution is -2.39. The van der Waals surface area contributed by atoms with Crippen molar-refractivity contribution in [3.8, 4) is 0 Å². The van der Waals surface area contributed by atoms with Gasteiger partial charge in [0.25, 0.3) is 0 Å². The molecule has 23 heavy (non-hydrogen) atoms. The van der Waals surface area contributed by atoms with Gasteiger partial charge in [0.05, 0.1) is 30.0 Å². The number of hydrogen-bond donors (Lipinski definition) is 2. The maximum Gasteiger partial charge on any atom is 0.335 e. The third-order valence-electron chi connectivity index (χ3n) is 3.58. The van der Waals surface area contributed by atoms with E-state index in [0.717, 1.165) is 12.1 Å². The average molecular weight is 318 g/mol. The molecule has 0 aromatic heterocycles. The average Bonchev–Trinajstić information content (AvgIpc) is 2.52. The molecule has 0 atom stereocenters. The quantitative estimate of drug-likeness (QED) is 0.913. The van der Waals surface area contributed by atoms with Gasteiger partial charge in [0, 0.05) is 12.1 Å². The second-order valence-corrected chi connectivity index (χ2v) is 5.12. The normalized spacial score (nSPS) is 13.5. The minimum Gasteiger partial charge on any atom is -0.478 e. The van der Waals surface area contributed by atoms with Crippen LogP contribution in [0.4, 0.5) is 20.2 Å². The molecule has 1 aliphatic heterocycles. The van der Waals surface area contributed by atoms with Crippen LogP contribution < -0.4 is 10.2 Å². The lowest BCUT2D eigenvalue weighted by molar-refractivity contribution is -0.117. The molecule has 2 aromatic rings. The van der Waals surface area contributed by atoms with E-state index in [1.807, 2.05) is 0 Å². The van der Waals surface area contributed by atoms with Crippen LogP contribution in [0.1, 0.15) is 15.9 Å². The molecular formula is C16H12F2N2O3. The summed E-state index contributed by atoms with van der Waals surface area (Å²) in [6, 6.07) is 8.07. The van der Waals surface area contributed by atoms with Crippen LogP contribution in [0.5, 0.6) is 0 Å². The zero-order chi connectivity index (χ0) is 16.6. The van der Waals surface area contributed by atoms with Crippen LogP contribution in [0.25, 0.3) is 0 Å². The highest BCUT2D eigenvalue weighted by atomic mass is 19.2. The standard InChI is InChI=1S/C16H12F2N2O3/c17-11-5-13-14(6-12(11)18)20(15(21)7-19-13)8-9-2-1-3-10(4-9)16(22)23/h1-6,19H,7-8H2,(H,22,23). The summed E-state index contributed by atoms with van der Waals surface area (Å²) in [5.41, 5.74) is 1.21. The summed E-state index contributed by atoms with van der Waals surface area (Å²) in [5, 5.41) is 11.7. The predicted octanol–water partition coefficient (Wildman–Crippen LogP) is 2.62. The van der Waals surface area contributed by atoms with Gasteiger partial charge in [0.1, 0.15) is 0 Å². The maximum absolute atomic E-state index is 13.5. The van der Waals surface area contributed by atoms with Crippen molar-refractivity contribution in [1.82, 2.24) is 0 Å². The molecule has 0 radical (unpaired) electrons. The molecule has 0 bridgehead atoms. The van der Waals surface area contributed by atoms with Crippen molar-refractivity contribution < 1.29 is 23.5 Å². The summed E-state index contributed by atoms with van der Waals surface area (Å²) in [4.78, 5) is 24.4. The fraction of sp³-hybridized carbons (Fsp3) is 0.125. The molecule has 2 aromatic carbocycles. The van der Waals surface area contributed by atoms with Crippen LogP contribution in [0, 0.1) is 11.6 Å². The molecule has 1 amide bonds. The first-order chi connectivity index (χ1) is 11.0. The lowest BCUT2D eigenvalue weighted by Gasteiger charge is -2.30. The number of anilines is 2. The molecule has 7 heteroatoms. The molecule has 2 N–H and O–H groups in total. The first-order valence-electron chi connectivity index (χ1n) is 6.81. The zero-order valence-corrected chi connectivity index (χ0v) is 11.8. The van der Waals surface area contributed by atoms with Crippen molar-refractivity contribution in [2.24, 2.45) is 0 Å². The van der Waals surface area contributed by atoms with Crippen LogP contribution in [-0.2, 0) is 11.3 Å². The first-order valence-corrected chi connectivity index (χ1v) is 6.81. The number of halogens is 2. The number of rotatable bonds is 3. The zero-order valence-electron chi connectivity index (χ0n) is 11.8. The number of aromatic carboxylic acids is 1. The fourth-order valence-electron chi connectivity index (χ4n) is 2.46. The van der Waals surface area contributed by atoms with E-state index in [0.29, 0.717) is 11.3 Å². The van der Waals surface area contributed by atoms with E-state index in [2.05, 4.69) is 5.32 Å². The van der Waals surface area contributed by atoms with Gasteiger partial charge in [-0.05, 0) is 17.7 Å². The molecular weight excluding hydrogens is 306 g/mol. The number of nitrogens with zero attached hydrogens (tertiary/aromatic N) is 1. The number of carbonyl (C=O) groups is 2. The maximum atomic E-state index is 13.5. The van der Waals surface area contributed by atoms with Gasteiger partial charge in [-0.1, -0.05) is 12.1 Å². The summed E-state index contributed by atoms with van der Waals surface area (Å²) in [6.45, 7) is 0.0242. The van der Waals surface area contributed by atoms with Crippen LogP contribution in [0.15, 0.2) is 36.4 Å². The topological polar surface area (TPSA) is 69.6 Å². The van der Waals surface area contributed by atoms with E-state index in [4.69, 9.17) is 5.11 Å². The van der Waals surface area contributed by atoms with E-state index < -0.39 is 17.6 Å². The third kappa shape index (κ3) is 2.85. The summed E-state index contributed by atoms with van der Waals surface area (Å²) in [7, 11) is 0. The number of carboxylic acids is 1. The minimum atomic E-state index is -1.08. The number of amides is 1. The Morgan fingerprint density at radius 2 is 1.96 bits per heavy atom. The fourth-order valence-corrected chi connectivity index (χ4v) is 2.46. The highest BCUT2D eigenvalue weighted by molar-refractivity contribution is 6.02. The molecule has 0 aliphatic carbocycles. The first kappa shape index (κ1) is 15.0. The molecule has 1 aliphatic rings. The molecule has 1 heterocycles.